The number of amides is 2. The Morgan fingerprint density at radius 1 is 0.912 bits per heavy atom. The number of carbonyl (C=O) groups is 2. The number of thiocarbonyl (C=S) groups is 1. The Balaban J connectivity index is 0.000000224. The lowest BCUT2D eigenvalue weighted by molar-refractivity contribution is -0.127. The summed E-state index contributed by atoms with van der Waals surface area (Å²) in [5.74, 6) is -2.50. The van der Waals surface area contributed by atoms with E-state index >= 15 is 0 Å². The summed E-state index contributed by atoms with van der Waals surface area (Å²) < 4.78 is 27.9. The molecule has 0 spiro atoms. The van der Waals surface area contributed by atoms with E-state index in [0.29, 0.717) is 0 Å². The van der Waals surface area contributed by atoms with Crippen LogP contribution in [0.25, 0.3) is 5.69 Å². The average Bonchev–Trinajstić information content (AvgIpc) is 2.77. The number of halogens is 2. The number of aromatic hydroxyl groups is 1. The molecule has 0 atom stereocenters. The molecular weight excluding hydrogens is 486 g/mol. The maximum Gasteiger partial charge on any atom is 0.255 e. The van der Waals surface area contributed by atoms with Crippen LogP contribution in [0.3, 0.4) is 0 Å². The number of benzene rings is 2. The maximum atomic E-state index is 13.5. The van der Waals surface area contributed by atoms with Crippen LogP contribution in [0.4, 0.5) is 14.5 Å². The van der Waals surface area contributed by atoms with E-state index in [1.165, 1.54) is 36.4 Å². The molecule has 3 aromatic rings. The summed E-state index contributed by atoms with van der Waals surface area (Å²) in [5, 5.41) is 11.8. The van der Waals surface area contributed by atoms with Crippen molar-refractivity contribution in [2.75, 3.05) is 4.90 Å². The van der Waals surface area contributed by atoms with Crippen molar-refractivity contribution in [3.8, 4) is 11.6 Å². The summed E-state index contributed by atoms with van der Waals surface area (Å²) >= 11 is 9.68. The number of anilines is 1. The largest absolute Gasteiger partial charge is 0.494 e. The highest BCUT2D eigenvalue weighted by Crippen LogP contribution is 2.21. The Morgan fingerprint density at radius 3 is 1.94 bits per heavy atom. The minimum atomic E-state index is -0.561. The minimum absolute atomic E-state index is 0.0532. The van der Waals surface area contributed by atoms with Crippen LogP contribution in [-0.2, 0) is 9.59 Å². The monoisotopic (exact) mass is 506 g/mol. The smallest absolute Gasteiger partial charge is 0.255 e. The van der Waals surface area contributed by atoms with Crippen molar-refractivity contribution in [1.82, 2.24) is 14.9 Å². The number of rotatable bonds is 2. The van der Waals surface area contributed by atoms with E-state index < -0.39 is 34.9 Å². The lowest BCUT2D eigenvalue weighted by Crippen LogP contribution is -2.53. The first-order valence-electron chi connectivity index (χ1n) is 9.90. The zero-order valence-electron chi connectivity index (χ0n) is 18.0. The first kappa shape index (κ1) is 26.5. The number of hydrogen-bond acceptors (Lipinski definition) is 6. The molecule has 2 aromatic carbocycles. The third kappa shape index (κ3) is 6.17. The summed E-state index contributed by atoms with van der Waals surface area (Å²) in [5.41, 5.74) is -0.395. The molecule has 1 aromatic heterocycles. The van der Waals surface area contributed by atoms with E-state index in [1.54, 1.807) is 12.1 Å². The number of H-pyrrole nitrogens is 1. The van der Waals surface area contributed by atoms with Crippen molar-refractivity contribution < 1.29 is 23.5 Å². The van der Waals surface area contributed by atoms with Gasteiger partial charge in [-0.15, -0.1) is 0 Å². The second-order valence-electron chi connectivity index (χ2n) is 6.29. The normalized spacial score (nSPS) is 12.7. The highest BCUT2D eigenvalue weighted by molar-refractivity contribution is 7.80. The molecule has 4 rings (SSSR count). The number of carbonyl (C=O) groups excluding carboxylic acids is 2. The van der Waals surface area contributed by atoms with Crippen LogP contribution in [0.1, 0.15) is 20.3 Å². The number of aromatic nitrogens is 2. The van der Waals surface area contributed by atoms with Gasteiger partial charge >= 0.3 is 0 Å². The quantitative estimate of drug-likeness (QED) is 0.361. The number of para-hydroxylation sites is 2. The zero-order valence-corrected chi connectivity index (χ0v) is 19.7. The standard InChI is InChI=1S/2C10H7FN2O2S.C2H6/c2*11-6-3-1-2-4-7(6)13-9(15)5-8(14)12-10(13)16;1-2/h1-4H,5H2,(H,12,14,16);1-5,15H,(H,12,14,16);1-2H3. The molecule has 2 heterocycles. The van der Waals surface area contributed by atoms with Crippen LogP contribution < -0.4 is 15.8 Å². The van der Waals surface area contributed by atoms with Gasteiger partial charge in [-0.3, -0.25) is 28.8 Å². The Labute approximate surface area is 203 Å². The zero-order chi connectivity index (χ0) is 25.4. The molecule has 0 aliphatic carbocycles. The Morgan fingerprint density at radius 2 is 1.44 bits per heavy atom. The Bertz CT molecular complexity index is 1320. The fourth-order valence-corrected chi connectivity index (χ4v) is 3.38. The average molecular weight is 507 g/mol. The van der Waals surface area contributed by atoms with Crippen LogP contribution in [0.2, 0.25) is 0 Å². The molecule has 1 aliphatic rings. The van der Waals surface area contributed by atoms with Gasteiger partial charge in [-0.25, -0.2) is 8.78 Å². The second kappa shape index (κ2) is 11.9. The second-order valence-corrected chi connectivity index (χ2v) is 7.07. The summed E-state index contributed by atoms with van der Waals surface area (Å²) in [6.45, 7) is 4.00. The van der Waals surface area contributed by atoms with Gasteiger partial charge in [0, 0.05) is 0 Å². The molecular formula is C22H20F2N4O4S2. The first-order chi connectivity index (χ1) is 16.2. The molecule has 0 radical (unpaired) electrons. The van der Waals surface area contributed by atoms with Crippen molar-refractivity contribution in [2.45, 2.75) is 20.3 Å². The van der Waals surface area contributed by atoms with Crippen molar-refractivity contribution >= 4 is 47.0 Å². The summed E-state index contributed by atoms with van der Waals surface area (Å²) in [6.07, 6.45) is -0.325. The fraction of sp³-hybridized carbons (Fsp3) is 0.136. The maximum absolute atomic E-state index is 13.5. The van der Waals surface area contributed by atoms with Crippen molar-refractivity contribution in [1.29, 1.82) is 0 Å². The number of nitrogens with one attached hydrogen (secondary N) is 2. The molecule has 1 saturated heterocycles. The Kier molecular flexibility index (Phi) is 9.27. The number of nitrogens with zero attached hydrogens (tertiary/aromatic N) is 2. The molecule has 0 bridgehead atoms. The molecule has 1 aliphatic heterocycles. The van der Waals surface area contributed by atoms with Crippen LogP contribution in [0.5, 0.6) is 5.88 Å². The molecule has 0 saturated carbocycles. The van der Waals surface area contributed by atoms with Crippen LogP contribution in [-0.4, -0.2) is 31.6 Å². The Hall–Kier alpha value is -3.77. The van der Waals surface area contributed by atoms with Gasteiger partial charge in [0.2, 0.25) is 17.7 Å². The molecule has 1 fully saturated rings. The number of aromatic amines is 1. The lowest BCUT2D eigenvalue weighted by atomic mass is 10.2. The molecule has 0 unspecified atom stereocenters. The van der Waals surface area contributed by atoms with Crippen LogP contribution in [0.15, 0.2) is 59.4 Å². The van der Waals surface area contributed by atoms with Crippen molar-refractivity contribution in [2.24, 2.45) is 0 Å². The van der Waals surface area contributed by atoms with Crippen LogP contribution in [0, 0.1) is 16.4 Å². The third-order valence-corrected chi connectivity index (χ3v) is 4.69. The van der Waals surface area contributed by atoms with E-state index in [4.69, 9.17) is 24.4 Å². The van der Waals surface area contributed by atoms with Gasteiger partial charge in [-0.1, -0.05) is 38.1 Å². The van der Waals surface area contributed by atoms with Gasteiger partial charge in [0.1, 0.15) is 18.1 Å². The fourth-order valence-electron chi connectivity index (χ4n) is 2.77. The lowest BCUT2D eigenvalue weighted by Gasteiger charge is -2.27. The molecule has 178 valence electrons. The first-order valence-corrected chi connectivity index (χ1v) is 10.7. The molecule has 34 heavy (non-hydrogen) atoms. The van der Waals surface area contributed by atoms with Gasteiger partial charge in [0.05, 0.1) is 17.4 Å². The topological polar surface area (TPSA) is 107 Å². The van der Waals surface area contributed by atoms with Gasteiger partial charge in [-0.05, 0) is 48.7 Å². The predicted octanol–water partition coefficient (Wildman–Crippen LogP) is 3.73. The van der Waals surface area contributed by atoms with Gasteiger partial charge in [0.25, 0.3) is 5.56 Å². The third-order valence-electron chi connectivity index (χ3n) is 4.12. The molecule has 12 heteroatoms. The van der Waals surface area contributed by atoms with E-state index in [9.17, 15) is 28.3 Å². The van der Waals surface area contributed by atoms with E-state index in [1.807, 2.05) is 13.8 Å². The van der Waals surface area contributed by atoms with Gasteiger partial charge in [0.15, 0.2) is 9.88 Å². The summed E-state index contributed by atoms with van der Waals surface area (Å²) in [4.78, 5) is 36.9. The van der Waals surface area contributed by atoms with Crippen molar-refractivity contribution in [3.05, 3.63) is 81.4 Å². The molecule has 8 nitrogen and oxygen atoms in total. The SMILES string of the molecule is CC.O=C1CC(=O)N(c2ccccc2F)C(=S)N1.O=c1cc(O)n(-c2ccccc2F)c(=S)[nH]1. The van der Waals surface area contributed by atoms with Crippen molar-refractivity contribution in [3.63, 3.8) is 0 Å². The molecule has 2 amide bonds. The summed E-state index contributed by atoms with van der Waals surface area (Å²) in [7, 11) is 0. The van der Waals surface area contributed by atoms with Crippen LogP contribution >= 0.6 is 24.4 Å². The predicted molar refractivity (Wildman–Crippen MR) is 129 cm³/mol. The van der Waals surface area contributed by atoms with Gasteiger partial charge in [-0.2, -0.15) is 0 Å². The minimum Gasteiger partial charge on any atom is -0.494 e. The number of hydrogen-bond donors (Lipinski definition) is 3. The van der Waals surface area contributed by atoms with E-state index in [-0.39, 0.29) is 27.7 Å². The highest BCUT2D eigenvalue weighted by Gasteiger charge is 2.30. The highest BCUT2D eigenvalue weighted by atomic mass is 32.1. The van der Waals surface area contributed by atoms with E-state index in [2.05, 4.69) is 10.3 Å². The van der Waals surface area contributed by atoms with E-state index in [0.717, 1.165) is 15.5 Å². The molecule has 3 N–H and O–H groups in total. The summed E-state index contributed by atoms with van der Waals surface area (Å²) in [6, 6.07) is 12.5. The van der Waals surface area contributed by atoms with Gasteiger partial charge < -0.3 is 10.4 Å².